The molecule has 0 bridgehead atoms. The van der Waals surface area contributed by atoms with Gasteiger partial charge in [0.05, 0.1) is 0 Å². The lowest BCUT2D eigenvalue weighted by molar-refractivity contribution is 0.219. The summed E-state index contributed by atoms with van der Waals surface area (Å²) in [7, 11) is 0. The maximum absolute atomic E-state index is 11.6. The van der Waals surface area contributed by atoms with Crippen molar-refractivity contribution in [3.05, 3.63) is 149 Å². The summed E-state index contributed by atoms with van der Waals surface area (Å²) in [6.07, 6.45) is -0.746. The third-order valence-corrected chi connectivity index (χ3v) is 8.09. The van der Waals surface area contributed by atoms with Crippen LogP contribution in [-0.4, -0.2) is 18.2 Å². The lowest BCUT2D eigenvalue weighted by Gasteiger charge is -2.33. The predicted molar refractivity (Wildman–Crippen MR) is 169 cm³/mol. The van der Waals surface area contributed by atoms with Crippen molar-refractivity contribution in [2.24, 2.45) is 0 Å². The second-order valence-corrected chi connectivity index (χ2v) is 10.6. The number of aryl methyl sites for hydroxylation is 1. The van der Waals surface area contributed by atoms with Crippen molar-refractivity contribution in [1.82, 2.24) is 0 Å². The molecule has 5 aromatic rings. The Morgan fingerprint density at radius 1 is 0.732 bits per heavy atom. The minimum absolute atomic E-state index is 0.119. The smallest absolute Gasteiger partial charge is 0.133 e. The highest BCUT2D eigenvalue weighted by Crippen LogP contribution is 2.51. The molecule has 6 rings (SSSR count). The molecule has 0 radical (unpaired) electrons. The van der Waals surface area contributed by atoms with Crippen LogP contribution in [0.2, 0.25) is 0 Å². The van der Waals surface area contributed by atoms with Gasteiger partial charge in [0, 0.05) is 53.3 Å². The first kappa shape index (κ1) is 26.7. The van der Waals surface area contributed by atoms with Gasteiger partial charge in [-0.05, 0) is 73.4 Å². The normalized spacial score (nSPS) is 14.4. The summed E-state index contributed by atoms with van der Waals surface area (Å²) in [4.78, 5) is 2.33. The number of nitrogens with one attached hydrogen (secondary N) is 1. The zero-order valence-electron chi connectivity index (χ0n) is 23.8. The van der Waals surface area contributed by atoms with Crippen LogP contribution in [0.5, 0.6) is 11.5 Å². The molecule has 1 aliphatic rings. The summed E-state index contributed by atoms with van der Waals surface area (Å²) in [5.74, 6) is 1.59. The molecule has 1 aliphatic heterocycles. The van der Waals surface area contributed by atoms with Crippen LogP contribution in [0.3, 0.4) is 0 Å². The lowest BCUT2D eigenvalue weighted by Crippen LogP contribution is -2.22. The summed E-state index contributed by atoms with van der Waals surface area (Å²) >= 11 is 0. The lowest BCUT2D eigenvalue weighted by atomic mass is 9.78. The molecule has 0 fully saturated rings. The van der Waals surface area contributed by atoms with E-state index < -0.39 is 6.10 Å². The maximum atomic E-state index is 11.6. The molecule has 4 heteroatoms. The van der Waals surface area contributed by atoms with E-state index in [1.54, 1.807) is 0 Å². The number of aliphatic hydroxyl groups excluding tert-OH is 1. The van der Waals surface area contributed by atoms with Crippen molar-refractivity contribution >= 4 is 17.1 Å². The van der Waals surface area contributed by atoms with E-state index >= 15 is 0 Å². The second-order valence-electron chi connectivity index (χ2n) is 10.6. The van der Waals surface area contributed by atoms with Crippen molar-refractivity contribution in [1.29, 1.82) is 0 Å². The zero-order chi connectivity index (χ0) is 28.3. The Hall–Kier alpha value is -4.54. The van der Waals surface area contributed by atoms with Crippen molar-refractivity contribution in [3.8, 4) is 11.5 Å². The Labute approximate surface area is 242 Å². The van der Waals surface area contributed by atoms with Gasteiger partial charge in [0.2, 0.25) is 0 Å². The van der Waals surface area contributed by atoms with Gasteiger partial charge in [-0.3, -0.25) is 0 Å². The van der Waals surface area contributed by atoms with Gasteiger partial charge in [-0.2, -0.15) is 0 Å². The molecule has 0 saturated heterocycles. The Morgan fingerprint density at radius 3 is 2.12 bits per heavy atom. The van der Waals surface area contributed by atoms with Crippen LogP contribution in [0.1, 0.15) is 59.3 Å². The van der Waals surface area contributed by atoms with E-state index in [0.29, 0.717) is 0 Å². The molecule has 41 heavy (non-hydrogen) atoms. The van der Waals surface area contributed by atoms with Gasteiger partial charge in [0.25, 0.3) is 0 Å². The third-order valence-electron chi connectivity index (χ3n) is 8.09. The minimum atomic E-state index is -0.746. The van der Waals surface area contributed by atoms with Gasteiger partial charge in [-0.1, -0.05) is 78.9 Å². The third kappa shape index (κ3) is 5.19. The van der Waals surface area contributed by atoms with Crippen LogP contribution < -0.4 is 15.0 Å². The Kier molecular flexibility index (Phi) is 7.49. The van der Waals surface area contributed by atoms with E-state index in [2.05, 4.69) is 85.6 Å². The number of anilines is 3. The number of benzene rings is 5. The predicted octanol–water partition coefficient (Wildman–Crippen LogP) is 8.95. The van der Waals surface area contributed by atoms with Gasteiger partial charge in [-0.15, -0.1) is 0 Å². The van der Waals surface area contributed by atoms with E-state index in [9.17, 15) is 5.11 Å². The topological polar surface area (TPSA) is 44.7 Å². The molecule has 2 unspecified atom stereocenters. The summed E-state index contributed by atoms with van der Waals surface area (Å²) in [5, 5.41) is 15.2. The van der Waals surface area contributed by atoms with Crippen LogP contribution >= 0.6 is 0 Å². The number of fused-ring (bicyclic) bond motifs is 2. The summed E-state index contributed by atoms with van der Waals surface area (Å²) in [5.41, 5.74) is 9.33. The van der Waals surface area contributed by atoms with Crippen molar-refractivity contribution < 1.29 is 9.84 Å². The van der Waals surface area contributed by atoms with E-state index in [1.165, 1.54) is 0 Å². The zero-order valence-corrected chi connectivity index (χ0v) is 23.8. The molecule has 0 spiro atoms. The van der Waals surface area contributed by atoms with E-state index in [0.717, 1.165) is 75.0 Å². The fourth-order valence-electron chi connectivity index (χ4n) is 5.92. The molecule has 5 aromatic carbocycles. The van der Waals surface area contributed by atoms with E-state index in [4.69, 9.17) is 4.74 Å². The van der Waals surface area contributed by atoms with Gasteiger partial charge < -0.3 is 20.1 Å². The van der Waals surface area contributed by atoms with Gasteiger partial charge in [0.15, 0.2) is 0 Å². The number of nitrogens with zero attached hydrogens (tertiary/aromatic N) is 1. The standard InChI is InChI=1S/C37H36N2O2/c1-4-39(5-2)28-20-21-31-35(23-28)41-34-22-25(3)33(38-27-16-10-7-11-17-27)24-32(34)36(31)29-18-12-13-19-30(29)37(40)26-14-8-6-9-15-26/h6-24,36-38,40H,4-5H2,1-3H3. The first-order chi connectivity index (χ1) is 20.1. The molecule has 0 aromatic heterocycles. The Morgan fingerprint density at radius 2 is 1.39 bits per heavy atom. The highest BCUT2D eigenvalue weighted by molar-refractivity contribution is 5.71. The fraction of sp³-hybridized carbons (Fsp3) is 0.189. The van der Waals surface area contributed by atoms with Crippen LogP contribution in [0.25, 0.3) is 0 Å². The number of rotatable bonds is 8. The molecule has 4 nitrogen and oxygen atoms in total. The number of hydrogen-bond acceptors (Lipinski definition) is 4. The molecule has 2 atom stereocenters. The van der Waals surface area contributed by atoms with E-state index in [1.807, 2.05) is 60.7 Å². The number of para-hydroxylation sites is 1. The summed E-state index contributed by atoms with van der Waals surface area (Å²) in [6.45, 7) is 8.31. The molecule has 0 aliphatic carbocycles. The monoisotopic (exact) mass is 540 g/mol. The highest BCUT2D eigenvalue weighted by Gasteiger charge is 2.33. The number of aliphatic hydroxyl groups is 1. The molecular weight excluding hydrogens is 504 g/mol. The van der Waals surface area contributed by atoms with Crippen molar-refractivity contribution in [3.63, 3.8) is 0 Å². The molecular formula is C37H36N2O2. The second kappa shape index (κ2) is 11.5. The van der Waals surface area contributed by atoms with E-state index in [-0.39, 0.29) is 5.92 Å². The summed E-state index contributed by atoms with van der Waals surface area (Å²) < 4.78 is 6.66. The maximum Gasteiger partial charge on any atom is 0.133 e. The largest absolute Gasteiger partial charge is 0.457 e. The van der Waals surface area contributed by atoms with Gasteiger partial charge in [-0.25, -0.2) is 0 Å². The van der Waals surface area contributed by atoms with Gasteiger partial charge in [0.1, 0.15) is 17.6 Å². The Bertz CT molecular complexity index is 1650. The van der Waals surface area contributed by atoms with Gasteiger partial charge >= 0.3 is 0 Å². The highest BCUT2D eigenvalue weighted by atomic mass is 16.5. The average molecular weight is 541 g/mol. The van der Waals surface area contributed by atoms with Crippen LogP contribution in [0.4, 0.5) is 17.1 Å². The quantitative estimate of drug-likeness (QED) is 0.202. The SMILES string of the molecule is CCN(CC)c1ccc2c(c1)Oc1cc(C)c(Nc3ccccc3)cc1C2c1ccccc1C(O)c1ccccc1. The van der Waals surface area contributed by atoms with Crippen molar-refractivity contribution in [2.45, 2.75) is 32.8 Å². The summed E-state index contributed by atoms with van der Waals surface area (Å²) in [6, 6.07) is 39.3. The Balaban J connectivity index is 1.53. The number of hydrogen-bond donors (Lipinski definition) is 2. The first-order valence-corrected chi connectivity index (χ1v) is 14.4. The van der Waals surface area contributed by atoms with Crippen LogP contribution in [0.15, 0.2) is 115 Å². The van der Waals surface area contributed by atoms with Crippen molar-refractivity contribution in [2.75, 3.05) is 23.3 Å². The molecule has 2 N–H and O–H groups in total. The molecule has 0 saturated carbocycles. The molecule has 206 valence electrons. The molecule has 0 amide bonds. The number of ether oxygens (including phenoxy) is 1. The average Bonchev–Trinajstić information content (AvgIpc) is 3.01. The first-order valence-electron chi connectivity index (χ1n) is 14.4. The van der Waals surface area contributed by atoms with Crippen LogP contribution in [0, 0.1) is 6.92 Å². The molecule has 1 heterocycles. The minimum Gasteiger partial charge on any atom is -0.457 e. The van der Waals surface area contributed by atoms with Crippen LogP contribution in [-0.2, 0) is 0 Å². The fourth-order valence-corrected chi connectivity index (χ4v) is 5.92.